The van der Waals surface area contributed by atoms with Crippen molar-refractivity contribution in [3.63, 3.8) is 0 Å². The number of amides is 1. The van der Waals surface area contributed by atoms with Gasteiger partial charge in [-0.25, -0.2) is 4.79 Å². The lowest BCUT2D eigenvalue weighted by Crippen LogP contribution is -2.55. The number of carboxylic acid groups (broad SMARTS) is 1. The van der Waals surface area contributed by atoms with Gasteiger partial charge in [0.25, 0.3) is 0 Å². The van der Waals surface area contributed by atoms with Crippen molar-refractivity contribution in [2.75, 3.05) is 30.5 Å². The lowest BCUT2D eigenvalue weighted by atomic mass is 9.99. The number of rotatable bonds is 7. The number of carbonyl (C=O) groups excluding carboxylic acids is 1. The average molecular weight is 359 g/mol. The second-order valence-electron chi connectivity index (χ2n) is 5.26. The summed E-state index contributed by atoms with van der Waals surface area (Å²) in [5.41, 5.74) is -0.438. The Bertz CT molecular complexity index is 591. The van der Waals surface area contributed by atoms with Crippen molar-refractivity contribution in [3.8, 4) is 5.75 Å². The molecule has 1 atom stereocenters. The Kier molecular flexibility index (Phi) is 6.01. The van der Waals surface area contributed by atoms with Crippen molar-refractivity contribution in [1.82, 2.24) is 5.32 Å². The minimum atomic E-state index is -1.13. The van der Waals surface area contributed by atoms with Crippen LogP contribution in [-0.4, -0.2) is 47.7 Å². The number of ether oxygens (including phenoxy) is 1. The number of carboxylic acids is 1. The predicted molar refractivity (Wildman–Crippen MR) is 91.6 cm³/mol. The van der Waals surface area contributed by atoms with Crippen LogP contribution in [0.2, 0.25) is 5.02 Å². The van der Waals surface area contributed by atoms with Crippen LogP contribution >= 0.6 is 23.4 Å². The molecule has 126 valence electrons. The van der Waals surface area contributed by atoms with Crippen LogP contribution in [0.5, 0.6) is 5.75 Å². The molecule has 1 fully saturated rings. The molecule has 8 heteroatoms. The highest BCUT2D eigenvalue weighted by atomic mass is 35.5. The molecule has 0 aliphatic carbocycles. The molecule has 1 heterocycles. The SMILES string of the molecule is COc1ccc(Cl)cc1NCCC(=O)NC1(C(=O)O)CCSC1. The standard InChI is InChI=1S/C15H19ClN2O4S/c1-22-12-3-2-10(16)8-11(12)17-6-4-13(19)18-15(14(20)21)5-7-23-9-15/h2-3,8,17H,4-7,9H2,1H3,(H,18,19)(H,20,21). The number of carbonyl (C=O) groups is 2. The van der Waals surface area contributed by atoms with Crippen LogP contribution in [0.1, 0.15) is 12.8 Å². The van der Waals surface area contributed by atoms with Gasteiger partial charge in [0.15, 0.2) is 0 Å². The number of anilines is 1. The van der Waals surface area contributed by atoms with Gasteiger partial charge in [0.2, 0.25) is 5.91 Å². The third kappa shape index (κ3) is 4.45. The van der Waals surface area contributed by atoms with Crippen LogP contribution in [0, 0.1) is 0 Å². The molecule has 1 aromatic rings. The topological polar surface area (TPSA) is 87.7 Å². The maximum absolute atomic E-state index is 12.0. The summed E-state index contributed by atoms with van der Waals surface area (Å²) in [4.78, 5) is 23.4. The zero-order valence-corrected chi connectivity index (χ0v) is 14.3. The molecule has 0 radical (unpaired) electrons. The van der Waals surface area contributed by atoms with E-state index in [4.69, 9.17) is 16.3 Å². The van der Waals surface area contributed by atoms with Crippen LogP contribution in [0.15, 0.2) is 18.2 Å². The highest BCUT2D eigenvalue weighted by Gasteiger charge is 2.43. The molecule has 2 rings (SSSR count). The number of nitrogens with one attached hydrogen (secondary N) is 2. The third-order valence-corrected chi connectivity index (χ3v) is 5.06. The van der Waals surface area contributed by atoms with Gasteiger partial charge in [-0.05, 0) is 30.4 Å². The summed E-state index contributed by atoms with van der Waals surface area (Å²) < 4.78 is 5.21. The van der Waals surface area contributed by atoms with Crippen molar-refractivity contribution in [3.05, 3.63) is 23.2 Å². The largest absolute Gasteiger partial charge is 0.495 e. The molecule has 1 amide bonds. The quantitative estimate of drug-likeness (QED) is 0.692. The fourth-order valence-electron chi connectivity index (χ4n) is 2.34. The monoisotopic (exact) mass is 358 g/mol. The van der Waals surface area contributed by atoms with Crippen LogP contribution in [0.3, 0.4) is 0 Å². The van der Waals surface area contributed by atoms with Gasteiger partial charge in [0.05, 0.1) is 12.8 Å². The molecule has 1 unspecified atom stereocenters. The number of methoxy groups -OCH3 is 1. The first kappa shape index (κ1) is 17.7. The van der Waals surface area contributed by atoms with Gasteiger partial charge in [-0.1, -0.05) is 11.6 Å². The highest BCUT2D eigenvalue weighted by molar-refractivity contribution is 7.99. The number of hydrogen-bond acceptors (Lipinski definition) is 5. The molecule has 0 spiro atoms. The molecular formula is C15H19ClN2O4S. The van der Waals surface area contributed by atoms with Gasteiger partial charge in [-0.15, -0.1) is 0 Å². The lowest BCUT2D eigenvalue weighted by molar-refractivity contribution is -0.146. The van der Waals surface area contributed by atoms with Crippen LogP contribution < -0.4 is 15.4 Å². The van der Waals surface area contributed by atoms with E-state index in [1.807, 2.05) is 0 Å². The Labute approximate surface area is 143 Å². The summed E-state index contributed by atoms with van der Waals surface area (Å²) in [6.45, 7) is 0.353. The number of hydrogen-bond donors (Lipinski definition) is 3. The van der Waals surface area contributed by atoms with Crippen molar-refractivity contribution >= 4 is 40.9 Å². The van der Waals surface area contributed by atoms with Gasteiger partial charge in [-0.2, -0.15) is 11.8 Å². The summed E-state index contributed by atoms with van der Waals surface area (Å²) in [5.74, 6) is 0.515. The summed E-state index contributed by atoms with van der Waals surface area (Å²) in [6.07, 6.45) is 0.615. The van der Waals surface area contributed by atoms with Gasteiger partial charge >= 0.3 is 5.97 Å². The molecule has 6 nitrogen and oxygen atoms in total. The highest BCUT2D eigenvalue weighted by Crippen LogP contribution is 2.29. The average Bonchev–Trinajstić information content (AvgIpc) is 2.97. The predicted octanol–water partition coefficient (Wildman–Crippen LogP) is 2.23. The number of halogens is 1. The second kappa shape index (κ2) is 7.79. The van der Waals surface area contributed by atoms with E-state index >= 15 is 0 Å². The van der Waals surface area contributed by atoms with E-state index in [0.717, 1.165) is 5.75 Å². The Morgan fingerprint density at radius 3 is 2.87 bits per heavy atom. The van der Waals surface area contributed by atoms with E-state index in [1.54, 1.807) is 25.3 Å². The van der Waals surface area contributed by atoms with Crippen LogP contribution in [0.25, 0.3) is 0 Å². The van der Waals surface area contributed by atoms with Crippen LogP contribution in [-0.2, 0) is 9.59 Å². The minimum Gasteiger partial charge on any atom is -0.495 e. The lowest BCUT2D eigenvalue weighted by Gasteiger charge is -2.24. The molecule has 0 aromatic heterocycles. The first-order chi connectivity index (χ1) is 11.0. The fraction of sp³-hybridized carbons (Fsp3) is 0.467. The summed E-state index contributed by atoms with van der Waals surface area (Å²) in [7, 11) is 1.55. The maximum atomic E-state index is 12.0. The fourth-order valence-corrected chi connectivity index (χ4v) is 3.84. The Morgan fingerprint density at radius 1 is 1.48 bits per heavy atom. The minimum absolute atomic E-state index is 0.162. The molecule has 3 N–H and O–H groups in total. The number of aliphatic carboxylic acids is 1. The number of thioether (sulfide) groups is 1. The van der Waals surface area contributed by atoms with E-state index in [2.05, 4.69) is 10.6 Å². The van der Waals surface area contributed by atoms with Gasteiger partial charge in [0.1, 0.15) is 11.3 Å². The smallest absolute Gasteiger partial charge is 0.330 e. The van der Waals surface area contributed by atoms with Gasteiger partial charge in [0, 0.05) is 23.7 Å². The van der Waals surface area contributed by atoms with Gasteiger partial charge in [-0.3, -0.25) is 4.79 Å². The van der Waals surface area contributed by atoms with E-state index < -0.39 is 11.5 Å². The van der Waals surface area contributed by atoms with E-state index in [1.165, 1.54) is 11.8 Å². The molecule has 1 aliphatic heterocycles. The zero-order valence-electron chi connectivity index (χ0n) is 12.7. The first-order valence-corrected chi connectivity index (χ1v) is 8.70. The van der Waals surface area contributed by atoms with Crippen molar-refractivity contribution < 1.29 is 19.4 Å². The Morgan fingerprint density at radius 2 is 2.26 bits per heavy atom. The molecule has 0 saturated carbocycles. The summed E-state index contributed by atoms with van der Waals surface area (Å²) in [6, 6.07) is 5.16. The van der Waals surface area contributed by atoms with E-state index in [0.29, 0.717) is 35.2 Å². The maximum Gasteiger partial charge on any atom is 0.330 e. The summed E-state index contributed by atoms with van der Waals surface area (Å²) in [5, 5.41) is 15.6. The molecule has 1 aliphatic rings. The molecule has 0 bridgehead atoms. The van der Waals surface area contributed by atoms with Crippen molar-refractivity contribution in [2.45, 2.75) is 18.4 Å². The summed E-state index contributed by atoms with van der Waals surface area (Å²) >= 11 is 7.48. The van der Waals surface area contributed by atoms with Crippen LogP contribution in [0.4, 0.5) is 5.69 Å². The molecule has 1 aromatic carbocycles. The van der Waals surface area contributed by atoms with E-state index in [9.17, 15) is 14.7 Å². The second-order valence-corrected chi connectivity index (χ2v) is 6.80. The number of benzene rings is 1. The van der Waals surface area contributed by atoms with Crippen molar-refractivity contribution in [1.29, 1.82) is 0 Å². The molecule has 1 saturated heterocycles. The third-order valence-electron chi connectivity index (χ3n) is 3.64. The molecule has 23 heavy (non-hydrogen) atoms. The molecular weight excluding hydrogens is 340 g/mol. The van der Waals surface area contributed by atoms with Gasteiger partial charge < -0.3 is 20.5 Å². The first-order valence-electron chi connectivity index (χ1n) is 7.16. The normalized spacial score (nSPS) is 20.1. The van der Waals surface area contributed by atoms with E-state index in [-0.39, 0.29) is 12.3 Å². The zero-order chi connectivity index (χ0) is 16.9. The Balaban J connectivity index is 1.88. The Hall–Kier alpha value is -1.60. The van der Waals surface area contributed by atoms with Crippen molar-refractivity contribution in [2.24, 2.45) is 0 Å².